The van der Waals surface area contributed by atoms with E-state index in [1.54, 1.807) is 28.9 Å². The number of nitrogens with zero attached hydrogens (tertiary/aromatic N) is 4. The van der Waals surface area contributed by atoms with E-state index in [4.69, 9.17) is 16.2 Å². The highest BCUT2D eigenvalue weighted by Crippen LogP contribution is 2.35. The maximum absolute atomic E-state index is 14.9. The van der Waals surface area contributed by atoms with Gasteiger partial charge in [-0.3, -0.25) is 9.20 Å². The van der Waals surface area contributed by atoms with E-state index in [0.717, 1.165) is 5.56 Å². The number of anilines is 1. The summed E-state index contributed by atoms with van der Waals surface area (Å²) in [4.78, 5) is 22.8. The second kappa shape index (κ2) is 11.3. The summed E-state index contributed by atoms with van der Waals surface area (Å²) in [7, 11) is 1.28. The Morgan fingerprint density at radius 1 is 1.13 bits per heavy atom. The lowest BCUT2D eigenvalue weighted by Gasteiger charge is -2.37. The molecule has 0 radical (unpaired) electrons. The van der Waals surface area contributed by atoms with Crippen LogP contribution in [0.3, 0.4) is 0 Å². The average Bonchev–Trinajstić information content (AvgIpc) is 3.33. The van der Waals surface area contributed by atoms with E-state index in [2.05, 4.69) is 28.7 Å². The predicted octanol–water partition coefficient (Wildman–Crippen LogP) is 4.76. The SMILES string of the molecule is COc1ccc(-c2cnc3c(N(CC(C)(C)CN)C(C)c4ccc(C(N)=O)cc4)nccn23)c(F)c1F.Cl. The molecule has 2 heterocycles. The van der Waals surface area contributed by atoms with E-state index in [9.17, 15) is 13.6 Å². The first kappa shape index (κ1) is 28.8. The van der Waals surface area contributed by atoms with Crippen LogP contribution in [0.15, 0.2) is 55.0 Å². The van der Waals surface area contributed by atoms with Crippen LogP contribution in [0.1, 0.15) is 42.7 Å². The van der Waals surface area contributed by atoms with Crippen molar-refractivity contribution in [2.45, 2.75) is 26.8 Å². The van der Waals surface area contributed by atoms with Crippen molar-refractivity contribution >= 4 is 29.8 Å². The number of imidazole rings is 1. The number of carbonyl (C=O) groups excluding carboxylic acids is 1. The van der Waals surface area contributed by atoms with Gasteiger partial charge in [-0.25, -0.2) is 14.4 Å². The first-order valence-corrected chi connectivity index (χ1v) is 11.8. The van der Waals surface area contributed by atoms with Gasteiger partial charge < -0.3 is 21.1 Å². The highest BCUT2D eigenvalue weighted by atomic mass is 35.5. The van der Waals surface area contributed by atoms with Gasteiger partial charge in [-0.2, -0.15) is 4.39 Å². The summed E-state index contributed by atoms with van der Waals surface area (Å²) in [6, 6.07) is 9.70. The minimum atomic E-state index is -1.07. The number of methoxy groups -OCH3 is 1. The number of primary amides is 1. The van der Waals surface area contributed by atoms with Gasteiger partial charge in [-0.05, 0) is 48.7 Å². The Kier molecular flexibility index (Phi) is 8.58. The van der Waals surface area contributed by atoms with E-state index in [0.29, 0.717) is 35.8 Å². The number of rotatable bonds is 9. The number of aromatic nitrogens is 3. The Labute approximate surface area is 226 Å². The third-order valence-corrected chi connectivity index (χ3v) is 6.52. The highest BCUT2D eigenvalue weighted by molar-refractivity contribution is 5.92. The largest absolute Gasteiger partial charge is 0.494 e. The fourth-order valence-electron chi connectivity index (χ4n) is 4.22. The lowest BCUT2D eigenvalue weighted by Crippen LogP contribution is -2.40. The van der Waals surface area contributed by atoms with Crippen molar-refractivity contribution in [1.29, 1.82) is 0 Å². The number of hydrogen-bond acceptors (Lipinski definition) is 6. The van der Waals surface area contributed by atoms with Crippen LogP contribution in [0.5, 0.6) is 5.75 Å². The monoisotopic (exact) mass is 544 g/mol. The number of halogens is 3. The summed E-state index contributed by atoms with van der Waals surface area (Å²) < 4.78 is 36.0. The molecule has 0 saturated carbocycles. The van der Waals surface area contributed by atoms with Crippen molar-refractivity contribution in [1.82, 2.24) is 14.4 Å². The number of hydrogen-bond donors (Lipinski definition) is 2. The zero-order valence-electron chi connectivity index (χ0n) is 21.6. The second-order valence-electron chi connectivity index (χ2n) is 9.69. The quantitative estimate of drug-likeness (QED) is 0.314. The van der Waals surface area contributed by atoms with Crippen molar-refractivity contribution < 1.29 is 18.3 Å². The summed E-state index contributed by atoms with van der Waals surface area (Å²) in [5, 5.41) is 0. The molecule has 0 aliphatic rings. The van der Waals surface area contributed by atoms with Crippen molar-refractivity contribution in [2.75, 3.05) is 25.1 Å². The van der Waals surface area contributed by atoms with Crippen LogP contribution >= 0.6 is 12.4 Å². The molecule has 11 heteroatoms. The van der Waals surface area contributed by atoms with Gasteiger partial charge in [-0.1, -0.05) is 26.0 Å². The van der Waals surface area contributed by atoms with E-state index >= 15 is 0 Å². The first-order valence-electron chi connectivity index (χ1n) is 11.8. The van der Waals surface area contributed by atoms with Gasteiger partial charge in [0.15, 0.2) is 23.0 Å². The first-order chi connectivity index (χ1) is 17.6. The summed E-state index contributed by atoms with van der Waals surface area (Å²) in [5.41, 5.74) is 13.4. The Bertz CT molecular complexity index is 1440. The molecule has 0 fully saturated rings. The van der Waals surface area contributed by atoms with Crippen LogP contribution in [0.4, 0.5) is 14.6 Å². The van der Waals surface area contributed by atoms with Gasteiger partial charge in [0.1, 0.15) is 0 Å². The second-order valence-corrected chi connectivity index (χ2v) is 9.69. The van der Waals surface area contributed by atoms with E-state index in [-0.39, 0.29) is 35.2 Å². The number of benzene rings is 2. The lowest BCUT2D eigenvalue weighted by atomic mass is 9.91. The summed E-state index contributed by atoms with van der Waals surface area (Å²) >= 11 is 0. The molecule has 2 aromatic heterocycles. The van der Waals surface area contributed by atoms with Gasteiger partial charge >= 0.3 is 0 Å². The molecule has 202 valence electrons. The van der Waals surface area contributed by atoms with Crippen molar-refractivity contribution in [3.8, 4) is 17.0 Å². The van der Waals surface area contributed by atoms with Crippen LogP contribution in [-0.2, 0) is 0 Å². The molecule has 1 amide bonds. The van der Waals surface area contributed by atoms with Crippen molar-refractivity contribution in [3.05, 3.63) is 77.8 Å². The molecular weight excluding hydrogens is 514 g/mol. The summed E-state index contributed by atoms with van der Waals surface area (Å²) in [6.07, 6.45) is 4.74. The molecule has 1 unspecified atom stereocenters. The van der Waals surface area contributed by atoms with Crippen LogP contribution in [0, 0.1) is 17.0 Å². The Balaban J connectivity index is 0.00000400. The summed E-state index contributed by atoms with van der Waals surface area (Å²) in [5.74, 6) is -2.22. The Morgan fingerprint density at radius 2 is 1.82 bits per heavy atom. The predicted molar refractivity (Wildman–Crippen MR) is 146 cm³/mol. The molecular formula is C27H31ClF2N6O2. The van der Waals surface area contributed by atoms with Crippen molar-refractivity contribution in [2.24, 2.45) is 16.9 Å². The number of ether oxygens (including phenoxy) is 1. The van der Waals surface area contributed by atoms with Gasteiger partial charge in [0.2, 0.25) is 11.7 Å². The Hall–Kier alpha value is -3.76. The molecule has 38 heavy (non-hydrogen) atoms. The topological polar surface area (TPSA) is 112 Å². The molecule has 1 atom stereocenters. The molecule has 0 aliphatic heterocycles. The van der Waals surface area contributed by atoms with Crippen LogP contribution in [-0.4, -0.2) is 40.5 Å². The molecule has 4 aromatic rings. The van der Waals surface area contributed by atoms with Crippen LogP contribution in [0.2, 0.25) is 0 Å². The molecule has 0 aliphatic carbocycles. The van der Waals surface area contributed by atoms with E-state index in [1.807, 2.05) is 19.1 Å². The highest BCUT2D eigenvalue weighted by Gasteiger charge is 2.28. The third-order valence-electron chi connectivity index (χ3n) is 6.52. The number of nitrogens with two attached hydrogens (primary N) is 2. The van der Waals surface area contributed by atoms with E-state index < -0.39 is 17.5 Å². The summed E-state index contributed by atoms with van der Waals surface area (Å²) in [6.45, 7) is 7.07. The minimum Gasteiger partial charge on any atom is -0.494 e. The standard InChI is InChI=1S/C27H30F2N6O2.ClH/c1-16(17-5-7-18(8-6-17)24(31)36)35(15-27(2,3)14-30)25-26-33-13-20(34(26)12-11-32-25)19-9-10-21(37-4)23(29)22(19)28;/h5-13,16H,14-15,30H2,1-4H3,(H2,31,36);1H. The maximum Gasteiger partial charge on any atom is 0.248 e. The normalized spacial score (nSPS) is 12.2. The van der Waals surface area contributed by atoms with E-state index in [1.165, 1.54) is 25.4 Å². The van der Waals surface area contributed by atoms with Crippen LogP contribution < -0.4 is 21.1 Å². The fourth-order valence-corrected chi connectivity index (χ4v) is 4.22. The number of fused-ring (bicyclic) bond motifs is 1. The molecule has 4 rings (SSSR count). The molecule has 0 spiro atoms. The molecule has 8 nitrogen and oxygen atoms in total. The fraction of sp³-hybridized carbons (Fsp3) is 0.296. The smallest absolute Gasteiger partial charge is 0.248 e. The minimum absolute atomic E-state index is 0. The molecule has 4 N–H and O–H groups in total. The molecule has 0 bridgehead atoms. The van der Waals surface area contributed by atoms with Gasteiger partial charge in [-0.15, -0.1) is 12.4 Å². The Morgan fingerprint density at radius 3 is 2.42 bits per heavy atom. The lowest BCUT2D eigenvalue weighted by molar-refractivity contribution is 0.1000. The van der Waals surface area contributed by atoms with Gasteiger partial charge in [0.25, 0.3) is 0 Å². The maximum atomic E-state index is 14.9. The third kappa shape index (κ3) is 5.41. The molecule has 2 aromatic carbocycles. The number of carbonyl (C=O) groups is 1. The van der Waals surface area contributed by atoms with Gasteiger partial charge in [0.05, 0.1) is 25.0 Å². The molecule has 0 saturated heterocycles. The zero-order chi connectivity index (χ0) is 26.9. The van der Waals surface area contributed by atoms with Crippen molar-refractivity contribution in [3.63, 3.8) is 0 Å². The average molecular weight is 545 g/mol. The number of amides is 1. The zero-order valence-corrected chi connectivity index (χ0v) is 22.4. The van der Waals surface area contributed by atoms with Crippen LogP contribution in [0.25, 0.3) is 16.9 Å². The van der Waals surface area contributed by atoms with Gasteiger partial charge in [0, 0.05) is 30.1 Å².